The molecule has 1 saturated heterocycles. The van der Waals surface area contributed by atoms with Crippen molar-refractivity contribution in [3.05, 3.63) is 0 Å². The van der Waals surface area contributed by atoms with Crippen molar-refractivity contribution in [3.8, 4) is 0 Å². The van der Waals surface area contributed by atoms with Crippen LogP contribution in [0.25, 0.3) is 0 Å². The van der Waals surface area contributed by atoms with Gasteiger partial charge in [0.2, 0.25) is 5.91 Å². The van der Waals surface area contributed by atoms with Gasteiger partial charge >= 0.3 is 0 Å². The lowest BCUT2D eigenvalue weighted by molar-refractivity contribution is -0.135. The molecule has 3 rings (SSSR count). The molecule has 0 aromatic rings. The Morgan fingerprint density at radius 3 is 2.33 bits per heavy atom. The van der Waals surface area contributed by atoms with Crippen molar-refractivity contribution in [2.75, 3.05) is 11.9 Å². The molecule has 3 fully saturated rings. The lowest BCUT2D eigenvalue weighted by atomic mass is 10.0. The average Bonchev–Trinajstić information content (AvgIpc) is 3.17. The predicted octanol–water partition coefficient (Wildman–Crippen LogP) is 3.59. The molecule has 0 spiro atoms. The van der Waals surface area contributed by atoms with Crippen molar-refractivity contribution in [2.45, 2.75) is 57.4 Å². The largest absolute Gasteiger partial charge is 0.339 e. The van der Waals surface area contributed by atoms with Crippen LogP contribution in [0.15, 0.2) is 0 Å². The van der Waals surface area contributed by atoms with Gasteiger partial charge in [-0.3, -0.25) is 4.79 Å². The van der Waals surface area contributed by atoms with Gasteiger partial charge in [0.25, 0.3) is 0 Å². The number of hydrogen-bond donors (Lipinski definition) is 0. The van der Waals surface area contributed by atoms with E-state index < -0.39 is 0 Å². The monoisotopic (exact) mass is 313 g/mol. The molecule has 3 aliphatic rings. The number of alkyl halides is 1. The Labute approximate surface area is 119 Å². The Balaban J connectivity index is 1.66. The summed E-state index contributed by atoms with van der Waals surface area (Å²) in [5.74, 6) is 2.42. The lowest BCUT2D eigenvalue weighted by Crippen LogP contribution is -2.42. The van der Waals surface area contributed by atoms with E-state index in [-0.39, 0.29) is 0 Å². The summed E-state index contributed by atoms with van der Waals surface area (Å²) in [6, 6.07) is 0.461. The number of carbonyl (C=O) groups is 1. The molecule has 18 heavy (non-hydrogen) atoms. The fourth-order valence-corrected chi connectivity index (χ4v) is 4.85. The first-order valence-electron chi connectivity index (χ1n) is 7.69. The number of amides is 1. The molecule has 102 valence electrons. The van der Waals surface area contributed by atoms with Crippen molar-refractivity contribution < 1.29 is 4.79 Å². The highest BCUT2D eigenvalue weighted by atomic mass is 79.9. The third-order valence-corrected chi connectivity index (χ3v) is 6.03. The zero-order valence-electron chi connectivity index (χ0n) is 11.1. The molecule has 1 heterocycles. The maximum Gasteiger partial charge on any atom is 0.226 e. The molecule has 0 aromatic heterocycles. The molecule has 2 saturated carbocycles. The van der Waals surface area contributed by atoms with Gasteiger partial charge in [-0.1, -0.05) is 41.6 Å². The summed E-state index contributed by atoms with van der Waals surface area (Å²) >= 11 is 3.61. The normalized spacial score (nSPS) is 39.9. The van der Waals surface area contributed by atoms with E-state index in [1.165, 1.54) is 51.4 Å². The number of nitrogens with zero attached hydrogens (tertiary/aromatic N) is 1. The van der Waals surface area contributed by atoms with Crippen LogP contribution in [0.1, 0.15) is 51.4 Å². The summed E-state index contributed by atoms with van der Waals surface area (Å²) in [4.78, 5) is 15.0. The fourth-order valence-electron chi connectivity index (χ4n) is 4.18. The van der Waals surface area contributed by atoms with Crippen LogP contribution in [0, 0.1) is 17.8 Å². The smallest absolute Gasteiger partial charge is 0.226 e. The quantitative estimate of drug-likeness (QED) is 0.713. The second-order valence-corrected chi connectivity index (χ2v) is 6.97. The Morgan fingerprint density at radius 1 is 1.00 bits per heavy atom. The summed E-state index contributed by atoms with van der Waals surface area (Å²) in [5, 5.41) is 0.959. The maximum atomic E-state index is 12.8. The van der Waals surface area contributed by atoms with Gasteiger partial charge in [0.1, 0.15) is 0 Å². The van der Waals surface area contributed by atoms with Crippen LogP contribution in [0.2, 0.25) is 0 Å². The van der Waals surface area contributed by atoms with Crippen LogP contribution >= 0.6 is 15.9 Å². The average molecular weight is 314 g/mol. The summed E-state index contributed by atoms with van der Waals surface area (Å²) < 4.78 is 0. The van der Waals surface area contributed by atoms with Crippen molar-refractivity contribution in [2.24, 2.45) is 17.8 Å². The number of hydrogen-bond acceptors (Lipinski definition) is 1. The zero-order chi connectivity index (χ0) is 12.5. The molecule has 0 N–H and O–H groups in total. The number of carbonyl (C=O) groups excluding carboxylic acids is 1. The Bertz CT molecular complexity index is 308. The van der Waals surface area contributed by atoms with E-state index in [0.29, 0.717) is 17.9 Å². The van der Waals surface area contributed by atoms with Gasteiger partial charge in [-0.2, -0.15) is 0 Å². The van der Waals surface area contributed by atoms with E-state index >= 15 is 0 Å². The predicted molar refractivity (Wildman–Crippen MR) is 76.7 cm³/mol. The third-order valence-electron chi connectivity index (χ3n) is 5.28. The van der Waals surface area contributed by atoms with Gasteiger partial charge in [-0.15, -0.1) is 0 Å². The van der Waals surface area contributed by atoms with E-state index in [1.807, 2.05) is 0 Å². The first kappa shape index (κ1) is 13.0. The highest BCUT2D eigenvalue weighted by molar-refractivity contribution is 9.09. The number of halogens is 1. The minimum atomic E-state index is 0.409. The molecule has 0 bridgehead atoms. The van der Waals surface area contributed by atoms with Gasteiger partial charge in [0.05, 0.1) is 0 Å². The first-order valence-corrected chi connectivity index (χ1v) is 8.81. The SMILES string of the molecule is O=C(C1C2CCCCC21)N1CCCCCC1CBr. The highest BCUT2D eigenvalue weighted by Gasteiger charge is 2.56. The topological polar surface area (TPSA) is 20.3 Å². The van der Waals surface area contributed by atoms with Crippen molar-refractivity contribution in [1.29, 1.82) is 0 Å². The van der Waals surface area contributed by atoms with Crippen LogP contribution in [0.5, 0.6) is 0 Å². The van der Waals surface area contributed by atoms with E-state index in [4.69, 9.17) is 0 Å². The van der Waals surface area contributed by atoms with Crippen molar-refractivity contribution >= 4 is 21.8 Å². The standard InChI is InChI=1S/C15H24BrNO/c16-10-11-6-2-1-5-9-17(11)15(18)14-12-7-3-4-8-13(12)14/h11-14H,1-10H2. The summed E-state index contributed by atoms with van der Waals surface area (Å²) in [6.45, 7) is 1.00. The van der Waals surface area contributed by atoms with E-state index in [1.54, 1.807) is 0 Å². The molecule has 0 aromatic carbocycles. The Morgan fingerprint density at radius 2 is 1.67 bits per heavy atom. The lowest BCUT2D eigenvalue weighted by Gasteiger charge is -2.29. The summed E-state index contributed by atoms with van der Waals surface area (Å²) in [7, 11) is 0. The van der Waals surface area contributed by atoms with Gasteiger partial charge in [-0.25, -0.2) is 0 Å². The van der Waals surface area contributed by atoms with Crippen molar-refractivity contribution in [3.63, 3.8) is 0 Å². The second kappa shape index (κ2) is 5.52. The van der Waals surface area contributed by atoms with Gasteiger partial charge < -0.3 is 4.90 Å². The summed E-state index contributed by atoms with van der Waals surface area (Å²) in [6.07, 6.45) is 10.3. The molecule has 2 aliphatic carbocycles. The number of fused-ring (bicyclic) bond motifs is 1. The van der Waals surface area contributed by atoms with Crippen LogP contribution in [-0.2, 0) is 4.79 Å². The molecule has 3 heteroatoms. The van der Waals surface area contributed by atoms with Crippen LogP contribution in [0.3, 0.4) is 0 Å². The Hall–Kier alpha value is -0.0500. The molecule has 3 atom stereocenters. The minimum absolute atomic E-state index is 0.409. The minimum Gasteiger partial charge on any atom is -0.339 e. The van der Waals surface area contributed by atoms with Crippen LogP contribution in [0.4, 0.5) is 0 Å². The van der Waals surface area contributed by atoms with Gasteiger partial charge in [-0.05, 0) is 37.5 Å². The number of rotatable bonds is 2. The molecule has 1 amide bonds. The first-order chi connectivity index (χ1) is 8.83. The van der Waals surface area contributed by atoms with Gasteiger partial charge in [0, 0.05) is 23.8 Å². The maximum absolute atomic E-state index is 12.8. The highest BCUT2D eigenvalue weighted by Crippen LogP contribution is 2.56. The molecular formula is C15H24BrNO. The van der Waals surface area contributed by atoms with Crippen LogP contribution in [-0.4, -0.2) is 28.7 Å². The molecule has 0 radical (unpaired) electrons. The third kappa shape index (κ3) is 2.35. The second-order valence-electron chi connectivity index (χ2n) is 6.33. The van der Waals surface area contributed by atoms with Crippen molar-refractivity contribution in [1.82, 2.24) is 4.90 Å². The van der Waals surface area contributed by atoms with E-state index in [0.717, 1.165) is 23.7 Å². The Kier molecular flexibility index (Phi) is 3.97. The molecule has 3 unspecified atom stereocenters. The molecular weight excluding hydrogens is 290 g/mol. The molecule has 2 nitrogen and oxygen atoms in total. The number of likely N-dealkylation sites (tertiary alicyclic amines) is 1. The van der Waals surface area contributed by atoms with Crippen LogP contribution < -0.4 is 0 Å². The summed E-state index contributed by atoms with van der Waals surface area (Å²) in [5.41, 5.74) is 0. The zero-order valence-corrected chi connectivity index (χ0v) is 12.7. The molecule has 1 aliphatic heterocycles. The fraction of sp³-hybridized carbons (Fsp3) is 0.933. The van der Waals surface area contributed by atoms with E-state index in [2.05, 4.69) is 20.8 Å². The van der Waals surface area contributed by atoms with E-state index in [9.17, 15) is 4.79 Å². The van der Waals surface area contributed by atoms with Gasteiger partial charge in [0.15, 0.2) is 0 Å².